The Labute approximate surface area is 203 Å². The van der Waals surface area contributed by atoms with Gasteiger partial charge < -0.3 is 14.9 Å². The van der Waals surface area contributed by atoms with Crippen LogP contribution < -0.4 is 4.74 Å². The largest absolute Gasteiger partial charge is 0.493 e. The predicted octanol–water partition coefficient (Wildman–Crippen LogP) is 5.95. The molecule has 2 aromatic rings. The third-order valence-corrected chi connectivity index (χ3v) is 7.00. The predicted molar refractivity (Wildman–Crippen MR) is 133 cm³/mol. The molecule has 2 N–H and O–H groups in total. The summed E-state index contributed by atoms with van der Waals surface area (Å²) in [6.45, 7) is 8.68. The maximum absolute atomic E-state index is 13.5. The number of rotatable bonds is 10. The molecule has 3 rings (SSSR count). The van der Waals surface area contributed by atoms with Gasteiger partial charge in [0, 0.05) is 12.3 Å². The maximum Gasteiger partial charge on any atom is 0.303 e. The number of aryl methyl sites for hydroxylation is 1. The van der Waals surface area contributed by atoms with Crippen molar-refractivity contribution in [3.05, 3.63) is 65.2 Å². The van der Waals surface area contributed by atoms with Gasteiger partial charge in [0.05, 0.1) is 18.6 Å². The van der Waals surface area contributed by atoms with Crippen molar-refractivity contribution >= 4 is 11.8 Å². The number of hydrogen-bond acceptors (Lipinski definition) is 4. The highest BCUT2D eigenvalue weighted by Gasteiger charge is 2.47. The van der Waals surface area contributed by atoms with Crippen molar-refractivity contribution in [3.63, 3.8) is 0 Å². The van der Waals surface area contributed by atoms with Gasteiger partial charge in [0.15, 0.2) is 0 Å². The molecular formula is C29H38O5. The van der Waals surface area contributed by atoms with Gasteiger partial charge in [-0.15, -0.1) is 0 Å². The van der Waals surface area contributed by atoms with Gasteiger partial charge in [0.2, 0.25) is 0 Å². The van der Waals surface area contributed by atoms with E-state index >= 15 is 0 Å². The summed E-state index contributed by atoms with van der Waals surface area (Å²) in [7, 11) is 0. The van der Waals surface area contributed by atoms with Crippen LogP contribution in [0.2, 0.25) is 0 Å². The summed E-state index contributed by atoms with van der Waals surface area (Å²) in [4.78, 5) is 24.3. The summed E-state index contributed by atoms with van der Waals surface area (Å²) in [6.07, 6.45) is 2.46. The van der Waals surface area contributed by atoms with Crippen LogP contribution in [0.1, 0.15) is 82.1 Å². The Balaban J connectivity index is 1.78. The van der Waals surface area contributed by atoms with E-state index in [2.05, 4.69) is 20.8 Å². The number of Topliss-reactive ketones (excluding diaryl/α,β-unsaturated/α-hetero) is 1. The maximum atomic E-state index is 13.5. The van der Waals surface area contributed by atoms with Crippen molar-refractivity contribution in [2.75, 3.05) is 6.61 Å². The third-order valence-electron chi connectivity index (χ3n) is 7.00. The Morgan fingerprint density at radius 2 is 1.85 bits per heavy atom. The normalized spacial score (nSPS) is 21.4. The molecule has 1 saturated carbocycles. The van der Waals surface area contributed by atoms with Gasteiger partial charge in [0.25, 0.3) is 0 Å². The molecule has 0 aromatic heterocycles. The van der Waals surface area contributed by atoms with Gasteiger partial charge in [-0.25, -0.2) is 0 Å². The molecule has 5 nitrogen and oxygen atoms in total. The first-order valence-corrected chi connectivity index (χ1v) is 12.3. The van der Waals surface area contributed by atoms with E-state index in [4.69, 9.17) is 9.84 Å². The van der Waals surface area contributed by atoms with Crippen LogP contribution in [-0.4, -0.2) is 28.6 Å². The van der Waals surface area contributed by atoms with E-state index in [0.29, 0.717) is 25.2 Å². The second-order valence-corrected chi connectivity index (χ2v) is 10.6. The summed E-state index contributed by atoms with van der Waals surface area (Å²) in [6, 6.07) is 15.5. The molecule has 0 spiro atoms. The molecule has 2 aromatic carbocycles. The summed E-state index contributed by atoms with van der Waals surface area (Å²) >= 11 is 0. The van der Waals surface area contributed by atoms with Crippen LogP contribution >= 0.6 is 0 Å². The minimum absolute atomic E-state index is 0.0458. The standard InChI is InChI=1S/C29H38O5/c1-5-7-26(30)21-8-6-9-22(16-21)34-18-24-23(17-25(28(24)33)29(2,3)4)20-13-10-19(11-14-20)12-15-27(31)32/h6,8-11,13-14,16,23-26,30H,5,7,12,15,17-18H2,1-4H3,(H,31,32)/t23-,24-,25?,26?/m1/s1. The zero-order valence-corrected chi connectivity index (χ0v) is 20.8. The molecule has 0 bridgehead atoms. The highest BCUT2D eigenvalue weighted by atomic mass is 16.5. The lowest BCUT2D eigenvalue weighted by atomic mass is 9.78. The van der Waals surface area contributed by atoms with Crippen LogP contribution in [0.15, 0.2) is 48.5 Å². The number of carbonyl (C=O) groups is 2. The van der Waals surface area contributed by atoms with E-state index in [-0.39, 0.29) is 35.4 Å². The number of ketones is 1. The smallest absolute Gasteiger partial charge is 0.303 e. The highest BCUT2D eigenvalue weighted by molar-refractivity contribution is 5.87. The number of hydrogen-bond donors (Lipinski definition) is 2. The first-order valence-electron chi connectivity index (χ1n) is 12.3. The van der Waals surface area contributed by atoms with Crippen LogP contribution in [0.4, 0.5) is 0 Å². The van der Waals surface area contributed by atoms with Gasteiger partial charge in [-0.1, -0.05) is 70.5 Å². The van der Waals surface area contributed by atoms with E-state index < -0.39 is 12.1 Å². The molecule has 0 aliphatic heterocycles. The highest BCUT2D eigenvalue weighted by Crippen LogP contribution is 2.47. The van der Waals surface area contributed by atoms with Crippen molar-refractivity contribution in [2.24, 2.45) is 17.3 Å². The Kier molecular flexibility index (Phi) is 8.53. The Bertz CT molecular complexity index is 973. The zero-order valence-electron chi connectivity index (χ0n) is 20.8. The van der Waals surface area contributed by atoms with Crippen LogP contribution in [-0.2, 0) is 16.0 Å². The van der Waals surface area contributed by atoms with Gasteiger partial charge in [-0.05, 0) is 59.4 Å². The number of carbonyl (C=O) groups excluding carboxylic acids is 1. The van der Waals surface area contributed by atoms with Gasteiger partial charge in [-0.2, -0.15) is 0 Å². The number of ether oxygens (including phenoxy) is 1. The summed E-state index contributed by atoms with van der Waals surface area (Å²) in [5.74, 6) is -0.132. The number of carboxylic acid groups (broad SMARTS) is 1. The van der Waals surface area contributed by atoms with Crippen LogP contribution in [0.3, 0.4) is 0 Å². The first-order chi connectivity index (χ1) is 16.1. The van der Waals surface area contributed by atoms with Crippen molar-refractivity contribution in [3.8, 4) is 5.75 Å². The number of aliphatic hydroxyl groups excluding tert-OH is 1. The Morgan fingerprint density at radius 1 is 1.15 bits per heavy atom. The molecule has 4 atom stereocenters. The molecule has 1 aliphatic rings. The number of carboxylic acids is 1. The van der Waals surface area contributed by atoms with Gasteiger partial charge in [-0.3, -0.25) is 9.59 Å². The van der Waals surface area contributed by atoms with Gasteiger partial charge in [0.1, 0.15) is 11.5 Å². The monoisotopic (exact) mass is 466 g/mol. The second kappa shape index (κ2) is 11.2. The van der Waals surface area contributed by atoms with Crippen molar-refractivity contribution in [1.82, 2.24) is 0 Å². The molecule has 0 heterocycles. The number of benzene rings is 2. The fourth-order valence-corrected chi connectivity index (χ4v) is 4.96. The lowest BCUT2D eigenvalue weighted by molar-refractivity contribution is -0.137. The molecule has 1 fully saturated rings. The van der Waals surface area contributed by atoms with E-state index in [1.807, 2.05) is 55.5 Å². The molecule has 184 valence electrons. The number of aliphatic carboxylic acids is 1. The van der Waals surface area contributed by atoms with E-state index in [9.17, 15) is 14.7 Å². The molecule has 5 heteroatoms. The zero-order chi connectivity index (χ0) is 24.9. The third kappa shape index (κ3) is 6.47. The summed E-state index contributed by atoms with van der Waals surface area (Å²) in [5, 5.41) is 19.3. The molecular weight excluding hydrogens is 428 g/mol. The van der Waals surface area contributed by atoms with E-state index in [1.165, 1.54) is 0 Å². The fraction of sp³-hybridized carbons (Fsp3) is 0.517. The van der Waals surface area contributed by atoms with Crippen molar-refractivity contribution < 1.29 is 24.5 Å². The Hall–Kier alpha value is -2.66. The van der Waals surface area contributed by atoms with E-state index in [1.54, 1.807) is 0 Å². The van der Waals surface area contributed by atoms with Crippen molar-refractivity contribution in [1.29, 1.82) is 0 Å². The molecule has 0 saturated heterocycles. The average Bonchev–Trinajstić information content (AvgIpc) is 3.13. The van der Waals surface area contributed by atoms with E-state index in [0.717, 1.165) is 29.5 Å². The average molecular weight is 467 g/mol. The minimum Gasteiger partial charge on any atom is -0.493 e. The van der Waals surface area contributed by atoms with Crippen LogP contribution in [0, 0.1) is 17.3 Å². The molecule has 2 unspecified atom stereocenters. The molecule has 34 heavy (non-hydrogen) atoms. The van der Waals surface area contributed by atoms with Crippen LogP contribution in [0.5, 0.6) is 5.75 Å². The minimum atomic E-state index is -0.804. The molecule has 0 radical (unpaired) electrons. The van der Waals surface area contributed by atoms with Crippen LogP contribution in [0.25, 0.3) is 0 Å². The number of aliphatic hydroxyl groups is 1. The SMILES string of the molecule is CCCC(O)c1cccc(OC[C@H]2C(=O)C(C(C)(C)C)C[C@@H]2c2ccc(CCC(=O)O)cc2)c1. The summed E-state index contributed by atoms with van der Waals surface area (Å²) in [5.41, 5.74) is 2.78. The molecule has 0 amide bonds. The summed E-state index contributed by atoms with van der Waals surface area (Å²) < 4.78 is 6.13. The van der Waals surface area contributed by atoms with Gasteiger partial charge >= 0.3 is 5.97 Å². The first kappa shape index (κ1) is 26.0. The lowest BCUT2D eigenvalue weighted by Gasteiger charge is -2.25. The molecule has 1 aliphatic carbocycles. The Morgan fingerprint density at radius 3 is 2.47 bits per heavy atom. The quantitative estimate of drug-likeness (QED) is 0.452. The van der Waals surface area contributed by atoms with Crippen molar-refractivity contribution in [2.45, 2.75) is 71.8 Å². The second-order valence-electron chi connectivity index (χ2n) is 10.6. The fourth-order valence-electron chi connectivity index (χ4n) is 4.96. The lowest BCUT2D eigenvalue weighted by Crippen LogP contribution is -2.29. The topological polar surface area (TPSA) is 83.8 Å².